The van der Waals surface area contributed by atoms with Crippen molar-refractivity contribution in [2.75, 3.05) is 26.3 Å². The lowest BCUT2D eigenvalue weighted by Gasteiger charge is -2.43. The van der Waals surface area contributed by atoms with Gasteiger partial charge in [-0.1, -0.05) is 6.07 Å². The van der Waals surface area contributed by atoms with Gasteiger partial charge >= 0.3 is 12.1 Å². The van der Waals surface area contributed by atoms with Crippen molar-refractivity contribution in [2.24, 2.45) is 0 Å². The summed E-state index contributed by atoms with van der Waals surface area (Å²) in [7, 11) is 0. The Balaban J connectivity index is 1.34. The zero-order chi connectivity index (χ0) is 23.4. The van der Waals surface area contributed by atoms with Crippen molar-refractivity contribution < 1.29 is 32.2 Å². The van der Waals surface area contributed by atoms with E-state index in [1.54, 1.807) is 6.92 Å². The van der Waals surface area contributed by atoms with E-state index in [4.69, 9.17) is 9.47 Å². The van der Waals surface area contributed by atoms with Crippen molar-refractivity contribution in [1.29, 1.82) is 0 Å². The number of carbonyl (C=O) groups excluding carboxylic acids is 2. The molecule has 5 rings (SSSR count). The highest BCUT2D eigenvalue weighted by molar-refractivity contribution is 6.07. The molecule has 0 bridgehead atoms. The zero-order valence-electron chi connectivity index (χ0n) is 18.5. The van der Waals surface area contributed by atoms with Crippen LogP contribution in [0, 0.1) is 0 Å². The highest BCUT2D eigenvalue weighted by Gasteiger charge is 2.52. The second kappa shape index (κ2) is 8.13. The molecule has 1 aromatic rings. The normalized spacial score (nSPS) is 23.9. The van der Waals surface area contributed by atoms with Crippen LogP contribution in [0.3, 0.4) is 0 Å². The van der Waals surface area contributed by atoms with Crippen LogP contribution in [-0.2, 0) is 38.3 Å². The minimum Gasteiger partial charge on any atom is -0.450 e. The van der Waals surface area contributed by atoms with Crippen LogP contribution < -0.4 is 0 Å². The summed E-state index contributed by atoms with van der Waals surface area (Å²) < 4.78 is 50.6. The summed E-state index contributed by atoms with van der Waals surface area (Å²) in [5, 5.41) is 0. The fourth-order valence-electron chi connectivity index (χ4n) is 5.63. The SMILES string of the molecule is CC1=C(C(=O)N2Cc3ccc(C(F)(F)F)cc3C2)C2(CCN(C3CCOCC3)CC2)OC1=O. The third kappa shape index (κ3) is 3.95. The Morgan fingerprint density at radius 1 is 1.09 bits per heavy atom. The number of ether oxygens (including phenoxy) is 2. The molecule has 0 aromatic heterocycles. The number of rotatable bonds is 2. The first-order valence-corrected chi connectivity index (χ1v) is 11.4. The van der Waals surface area contributed by atoms with Crippen LogP contribution in [0.1, 0.15) is 49.3 Å². The average molecular weight is 464 g/mol. The number of piperidine rings is 1. The maximum atomic E-state index is 13.6. The van der Waals surface area contributed by atoms with Crippen molar-refractivity contribution >= 4 is 11.9 Å². The molecular formula is C24H27F3N2O4. The molecule has 0 aliphatic carbocycles. The average Bonchev–Trinajstić information content (AvgIpc) is 3.32. The predicted octanol–water partition coefficient (Wildman–Crippen LogP) is 3.43. The monoisotopic (exact) mass is 464 g/mol. The van der Waals surface area contributed by atoms with Crippen LogP contribution in [0.15, 0.2) is 29.3 Å². The summed E-state index contributed by atoms with van der Waals surface area (Å²) >= 11 is 0. The van der Waals surface area contributed by atoms with Gasteiger partial charge in [0.15, 0.2) is 0 Å². The van der Waals surface area contributed by atoms with Gasteiger partial charge in [-0.15, -0.1) is 0 Å². The summed E-state index contributed by atoms with van der Waals surface area (Å²) in [6.07, 6.45) is -1.42. The van der Waals surface area contributed by atoms with Crippen LogP contribution in [-0.4, -0.2) is 59.6 Å². The molecule has 1 spiro atoms. The minimum atomic E-state index is -4.43. The first kappa shape index (κ1) is 22.4. The molecule has 1 amide bonds. The van der Waals surface area contributed by atoms with E-state index in [2.05, 4.69) is 4.90 Å². The van der Waals surface area contributed by atoms with Crippen LogP contribution in [0.5, 0.6) is 0 Å². The van der Waals surface area contributed by atoms with Gasteiger partial charge in [0.05, 0.1) is 11.1 Å². The molecular weight excluding hydrogens is 437 g/mol. The zero-order valence-corrected chi connectivity index (χ0v) is 18.5. The third-order valence-electron chi connectivity index (χ3n) is 7.49. The molecule has 33 heavy (non-hydrogen) atoms. The van der Waals surface area contributed by atoms with E-state index >= 15 is 0 Å². The number of hydrogen-bond acceptors (Lipinski definition) is 5. The number of nitrogens with zero attached hydrogens (tertiary/aromatic N) is 2. The Morgan fingerprint density at radius 2 is 1.76 bits per heavy atom. The quantitative estimate of drug-likeness (QED) is 0.628. The summed E-state index contributed by atoms with van der Waals surface area (Å²) in [4.78, 5) is 30.0. The fraction of sp³-hybridized carbons (Fsp3) is 0.583. The number of likely N-dealkylation sites (tertiary alicyclic amines) is 1. The number of hydrogen-bond donors (Lipinski definition) is 0. The molecule has 6 nitrogen and oxygen atoms in total. The Labute approximate surface area is 190 Å². The first-order chi connectivity index (χ1) is 15.7. The molecule has 4 aliphatic heterocycles. The van der Waals surface area contributed by atoms with Crippen molar-refractivity contribution in [3.05, 3.63) is 46.0 Å². The van der Waals surface area contributed by atoms with Crippen LogP contribution in [0.4, 0.5) is 13.2 Å². The molecule has 0 unspecified atom stereocenters. The predicted molar refractivity (Wildman–Crippen MR) is 112 cm³/mol. The molecule has 178 valence electrons. The summed E-state index contributed by atoms with van der Waals surface area (Å²) in [5.41, 5.74) is 0.205. The number of alkyl halides is 3. The molecule has 0 N–H and O–H groups in total. The van der Waals surface area contributed by atoms with Gasteiger partial charge in [-0.05, 0) is 43.0 Å². The molecule has 0 radical (unpaired) electrons. The Kier molecular flexibility index (Phi) is 5.52. The van der Waals surface area contributed by atoms with Crippen molar-refractivity contribution in [3.63, 3.8) is 0 Å². The maximum absolute atomic E-state index is 13.6. The molecule has 2 saturated heterocycles. The Hall–Kier alpha value is -2.39. The number of amides is 1. The minimum absolute atomic E-state index is 0.0906. The Morgan fingerprint density at radius 3 is 2.42 bits per heavy atom. The standard InChI is InChI=1S/C24H27F3N2O4/c1-15-20(21(30)29-13-16-2-3-18(24(25,26)27)12-17(16)14-29)23(33-22(15)31)6-8-28(9-7-23)19-4-10-32-11-5-19/h2-3,12,19H,4-11,13-14H2,1H3. The van der Waals surface area contributed by atoms with Gasteiger partial charge in [0.25, 0.3) is 5.91 Å². The van der Waals surface area contributed by atoms with E-state index < -0.39 is 23.3 Å². The van der Waals surface area contributed by atoms with Gasteiger partial charge in [-0.2, -0.15) is 13.2 Å². The van der Waals surface area contributed by atoms with E-state index in [1.807, 2.05) is 0 Å². The molecule has 4 aliphatic rings. The summed E-state index contributed by atoms with van der Waals surface area (Å²) in [6, 6.07) is 4.04. The second-order valence-corrected chi connectivity index (χ2v) is 9.41. The van der Waals surface area contributed by atoms with Crippen LogP contribution in [0.25, 0.3) is 0 Å². The fourth-order valence-corrected chi connectivity index (χ4v) is 5.63. The molecule has 1 aromatic carbocycles. The molecule has 0 atom stereocenters. The highest BCUT2D eigenvalue weighted by Crippen LogP contribution is 2.43. The van der Waals surface area contributed by atoms with E-state index in [0.717, 1.165) is 51.3 Å². The number of halogens is 3. The Bertz CT molecular complexity index is 1010. The molecule has 9 heteroatoms. The second-order valence-electron chi connectivity index (χ2n) is 9.41. The van der Waals surface area contributed by atoms with Crippen molar-refractivity contribution in [2.45, 2.75) is 63.5 Å². The van der Waals surface area contributed by atoms with Gasteiger partial charge in [0.2, 0.25) is 0 Å². The summed E-state index contributed by atoms with van der Waals surface area (Å²) in [6.45, 7) is 4.86. The topological polar surface area (TPSA) is 59.1 Å². The number of fused-ring (bicyclic) bond motifs is 1. The lowest BCUT2D eigenvalue weighted by molar-refractivity contribution is -0.152. The van der Waals surface area contributed by atoms with Crippen molar-refractivity contribution in [3.8, 4) is 0 Å². The lowest BCUT2D eigenvalue weighted by atomic mass is 9.81. The molecule has 2 fully saturated rings. The van der Waals surface area contributed by atoms with E-state index in [9.17, 15) is 22.8 Å². The van der Waals surface area contributed by atoms with Gasteiger partial charge in [0, 0.05) is 63.8 Å². The van der Waals surface area contributed by atoms with Gasteiger partial charge < -0.3 is 14.4 Å². The first-order valence-electron chi connectivity index (χ1n) is 11.4. The largest absolute Gasteiger partial charge is 0.450 e. The summed E-state index contributed by atoms with van der Waals surface area (Å²) in [5.74, 6) is -0.795. The lowest BCUT2D eigenvalue weighted by Crippen LogP contribution is -2.52. The number of benzene rings is 1. The smallest absolute Gasteiger partial charge is 0.416 e. The van der Waals surface area contributed by atoms with Crippen molar-refractivity contribution in [1.82, 2.24) is 9.80 Å². The van der Waals surface area contributed by atoms with Crippen LogP contribution in [0.2, 0.25) is 0 Å². The third-order valence-corrected chi connectivity index (χ3v) is 7.49. The number of esters is 1. The van der Waals surface area contributed by atoms with E-state index in [1.165, 1.54) is 11.0 Å². The molecule has 0 saturated carbocycles. The van der Waals surface area contributed by atoms with E-state index in [0.29, 0.717) is 41.2 Å². The number of carbonyl (C=O) groups is 2. The maximum Gasteiger partial charge on any atom is 0.416 e. The van der Waals surface area contributed by atoms with Gasteiger partial charge in [0.1, 0.15) is 5.60 Å². The van der Waals surface area contributed by atoms with Gasteiger partial charge in [-0.3, -0.25) is 9.69 Å². The van der Waals surface area contributed by atoms with E-state index in [-0.39, 0.29) is 19.0 Å². The molecule has 4 heterocycles. The highest BCUT2D eigenvalue weighted by atomic mass is 19.4. The van der Waals surface area contributed by atoms with Gasteiger partial charge in [-0.25, -0.2) is 4.79 Å². The van der Waals surface area contributed by atoms with Crippen LogP contribution >= 0.6 is 0 Å².